The number of aromatic nitrogens is 6. The molecule has 0 fully saturated rings. The van der Waals surface area contributed by atoms with Crippen LogP contribution in [-0.4, -0.2) is 42.5 Å². The third-order valence-electron chi connectivity index (χ3n) is 3.60. The highest BCUT2D eigenvalue weighted by atomic mass is 127. The fourth-order valence-electron chi connectivity index (χ4n) is 2.32. The number of H-pyrrole nitrogens is 1. The number of aryl methyl sites for hydroxylation is 1. The molecule has 0 spiro atoms. The maximum Gasteiger partial charge on any atom is 0.191 e. The van der Waals surface area contributed by atoms with Crippen molar-refractivity contribution in [3.8, 4) is 11.4 Å². The van der Waals surface area contributed by atoms with Crippen molar-refractivity contribution in [1.29, 1.82) is 0 Å². The molecule has 0 radical (unpaired) electrons. The Hall–Kier alpha value is -2.50. The molecule has 0 aliphatic heterocycles. The van der Waals surface area contributed by atoms with Crippen LogP contribution in [0.25, 0.3) is 11.4 Å². The molecule has 26 heavy (non-hydrogen) atoms. The summed E-state index contributed by atoms with van der Waals surface area (Å²) in [5.74, 6) is 2.33. The van der Waals surface area contributed by atoms with E-state index in [1.165, 1.54) is 12.7 Å². The minimum Gasteiger partial charge on any atom is -0.357 e. The summed E-state index contributed by atoms with van der Waals surface area (Å²) in [5, 5.41) is 17.3. The van der Waals surface area contributed by atoms with Gasteiger partial charge in [0.05, 0.1) is 13.1 Å². The molecule has 3 rings (SSSR count). The van der Waals surface area contributed by atoms with E-state index in [-0.39, 0.29) is 24.0 Å². The molecule has 3 aromatic rings. The van der Waals surface area contributed by atoms with Crippen molar-refractivity contribution < 1.29 is 0 Å². The van der Waals surface area contributed by atoms with Crippen LogP contribution in [0.5, 0.6) is 0 Å². The molecule has 0 unspecified atom stereocenters. The van der Waals surface area contributed by atoms with Gasteiger partial charge in [0.1, 0.15) is 18.5 Å². The fourth-order valence-corrected chi connectivity index (χ4v) is 2.32. The number of hydrogen-bond acceptors (Lipinski definition) is 5. The van der Waals surface area contributed by atoms with Gasteiger partial charge in [0.2, 0.25) is 0 Å². The Bertz CT molecular complexity index is 826. The molecule has 2 aromatic heterocycles. The van der Waals surface area contributed by atoms with E-state index < -0.39 is 0 Å². The molecule has 0 saturated carbocycles. The van der Waals surface area contributed by atoms with Gasteiger partial charge in [0.25, 0.3) is 0 Å². The number of nitrogens with one attached hydrogen (secondary N) is 3. The second-order valence-corrected chi connectivity index (χ2v) is 5.38. The van der Waals surface area contributed by atoms with Gasteiger partial charge in [0.15, 0.2) is 11.8 Å². The Morgan fingerprint density at radius 1 is 1.23 bits per heavy atom. The Balaban J connectivity index is 0.00000243. The van der Waals surface area contributed by atoms with E-state index in [9.17, 15) is 0 Å². The average molecular weight is 467 g/mol. The Morgan fingerprint density at radius 2 is 2.12 bits per heavy atom. The van der Waals surface area contributed by atoms with Gasteiger partial charge in [-0.05, 0) is 18.6 Å². The number of benzene rings is 1. The van der Waals surface area contributed by atoms with Crippen LogP contribution in [0.1, 0.15) is 18.3 Å². The van der Waals surface area contributed by atoms with E-state index in [2.05, 4.69) is 47.0 Å². The molecule has 0 amide bonds. The van der Waals surface area contributed by atoms with Crippen LogP contribution in [-0.2, 0) is 20.1 Å². The van der Waals surface area contributed by atoms with E-state index in [1.54, 1.807) is 4.68 Å². The number of hydrogen-bond donors (Lipinski definition) is 3. The Labute approximate surface area is 168 Å². The van der Waals surface area contributed by atoms with Crippen LogP contribution in [0.3, 0.4) is 0 Å². The largest absolute Gasteiger partial charge is 0.357 e. The van der Waals surface area contributed by atoms with Crippen LogP contribution < -0.4 is 10.6 Å². The van der Waals surface area contributed by atoms with E-state index in [4.69, 9.17) is 0 Å². The fraction of sp³-hybridized carbons (Fsp3) is 0.312. The van der Waals surface area contributed by atoms with Crippen molar-refractivity contribution in [2.45, 2.75) is 20.0 Å². The molecular weight excluding hydrogens is 445 g/mol. The normalized spacial score (nSPS) is 11.1. The second-order valence-electron chi connectivity index (χ2n) is 5.38. The van der Waals surface area contributed by atoms with Crippen LogP contribution in [0, 0.1) is 0 Å². The zero-order valence-electron chi connectivity index (χ0n) is 14.7. The quantitative estimate of drug-likeness (QED) is 0.288. The van der Waals surface area contributed by atoms with Gasteiger partial charge >= 0.3 is 0 Å². The summed E-state index contributed by atoms with van der Waals surface area (Å²) in [5.41, 5.74) is 2.08. The monoisotopic (exact) mass is 467 g/mol. The molecule has 0 aliphatic rings. The lowest BCUT2D eigenvalue weighted by molar-refractivity contribution is 0.673. The lowest BCUT2D eigenvalue weighted by atomic mass is 10.1. The van der Waals surface area contributed by atoms with Crippen molar-refractivity contribution in [1.82, 2.24) is 40.6 Å². The number of aromatic amines is 1. The van der Waals surface area contributed by atoms with Gasteiger partial charge in [-0.15, -0.1) is 24.0 Å². The minimum absolute atomic E-state index is 0. The number of halogens is 1. The SMILES string of the molecule is CCNC(=NCc1cccc(-c2ncn[nH]2)c1)NCc1ncnn1C.I. The van der Waals surface area contributed by atoms with Crippen molar-refractivity contribution >= 4 is 29.9 Å². The predicted octanol–water partition coefficient (Wildman–Crippen LogP) is 1.47. The Kier molecular flexibility index (Phi) is 7.51. The summed E-state index contributed by atoms with van der Waals surface area (Å²) < 4.78 is 1.73. The molecule has 0 aliphatic carbocycles. The molecule has 9 nitrogen and oxygen atoms in total. The van der Waals surface area contributed by atoms with Crippen molar-refractivity contribution in [3.63, 3.8) is 0 Å². The van der Waals surface area contributed by atoms with Gasteiger partial charge in [-0.1, -0.05) is 18.2 Å². The van der Waals surface area contributed by atoms with E-state index in [1.807, 2.05) is 32.2 Å². The van der Waals surface area contributed by atoms with Crippen molar-refractivity contribution in [2.24, 2.45) is 12.0 Å². The molecule has 0 atom stereocenters. The third kappa shape index (κ3) is 5.25. The first-order valence-electron chi connectivity index (χ1n) is 8.06. The summed E-state index contributed by atoms with van der Waals surface area (Å²) >= 11 is 0. The Morgan fingerprint density at radius 3 is 2.81 bits per heavy atom. The molecule has 10 heteroatoms. The van der Waals surface area contributed by atoms with Crippen LogP contribution in [0.4, 0.5) is 0 Å². The van der Waals surface area contributed by atoms with Gasteiger partial charge in [0, 0.05) is 19.2 Å². The zero-order chi connectivity index (χ0) is 17.5. The first kappa shape index (κ1) is 19.8. The van der Waals surface area contributed by atoms with Crippen molar-refractivity contribution in [2.75, 3.05) is 6.54 Å². The van der Waals surface area contributed by atoms with E-state index in [0.29, 0.717) is 13.1 Å². The van der Waals surface area contributed by atoms with Gasteiger partial charge < -0.3 is 10.6 Å². The molecule has 3 N–H and O–H groups in total. The van der Waals surface area contributed by atoms with Crippen LogP contribution in [0.2, 0.25) is 0 Å². The maximum absolute atomic E-state index is 4.63. The van der Waals surface area contributed by atoms with Gasteiger partial charge in [-0.25, -0.2) is 15.0 Å². The lowest BCUT2D eigenvalue weighted by Gasteiger charge is -2.11. The second kappa shape index (κ2) is 9.85. The van der Waals surface area contributed by atoms with Crippen LogP contribution >= 0.6 is 24.0 Å². The summed E-state index contributed by atoms with van der Waals surface area (Å²) in [6, 6.07) is 8.07. The summed E-state index contributed by atoms with van der Waals surface area (Å²) in [4.78, 5) is 13.0. The number of rotatable bonds is 6. The number of nitrogens with zero attached hydrogens (tertiary/aromatic N) is 6. The minimum atomic E-state index is 0. The molecule has 138 valence electrons. The molecule has 2 heterocycles. The standard InChI is InChI=1S/C16H21N9.HI/c1-3-17-16(19-9-14-20-11-23-25(14)2)18-8-12-5-4-6-13(7-12)15-21-10-22-24-15;/h4-7,10-11H,3,8-9H2,1-2H3,(H2,17,18,19)(H,21,22,24);1H. The summed E-state index contributed by atoms with van der Waals surface area (Å²) in [6.45, 7) is 3.92. The molecule has 1 aromatic carbocycles. The first-order chi connectivity index (χ1) is 12.3. The molecule has 0 bridgehead atoms. The average Bonchev–Trinajstić information content (AvgIpc) is 3.29. The summed E-state index contributed by atoms with van der Waals surface area (Å²) in [7, 11) is 1.86. The van der Waals surface area contributed by atoms with Crippen molar-refractivity contribution in [3.05, 3.63) is 48.3 Å². The maximum atomic E-state index is 4.63. The predicted molar refractivity (Wildman–Crippen MR) is 110 cm³/mol. The topological polar surface area (TPSA) is 109 Å². The number of aliphatic imine (C=N–C) groups is 1. The highest BCUT2D eigenvalue weighted by molar-refractivity contribution is 14.0. The molecular formula is C16H22IN9. The van der Waals surface area contributed by atoms with Crippen LogP contribution in [0.15, 0.2) is 41.9 Å². The first-order valence-corrected chi connectivity index (χ1v) is 8.06. The van der Waals surface area contributed by atoms with E-state index in [0.717, 1.165) is 35.3 Å². The third-order valence-corrected chi connectivity index (χ3v) is 3.60. The lowest BCUT2D eigenvalue weighted by Crippen LogP contribution is -2.37. The summed E-state index contributed by atoms with van der Waals surface area (Å²) in [6.07, 6.45) is 3.04. The van der Waals surface area contributed by atoms with Gasteiger partial charge in [-0.3, -0.25) is 9.78 Å². The smallest absolute Gasteiger partial charge is 0.191 e. The van der Waals surface area contributed by atoms with E-state index >= 15 is 0 Å². The molecule has 0 saturated heterocycles. The highest BCUT2D eigenvalue weighted by Crippen LogP contribution is 2.15. The number of guanidine groups is 1. The van der Waals surface area contributed by atoms with Gasteiger partial charge in [-0.2, -0.15) is 10.2 Å². The highest BCUT2D eigenvalue weighted by Gasteiger charge is 2.04. The zero-order valence-corrected chi connectivity index (χ0v) is 17.0.